The molecular formula is C67H119N2O6P. The molecule has 2 N–H and O–H groups in total. The van der Waals surface area contributed by atoms with Crippen molar-refractivity contribution in [1.29, 1.82) is 0 Å². The summed E-state index contributed by atoms with van der Waals surface area (Å²) in [7, 11) is 1.22. The van der Waals surface area contributed by atoms with Crippen LogP contribution in [0.15, 0.2) is 109 Å². The summed E-state index contributed by atoms with van der Waals surface area (Å²) in [6.07, 6.45) is 83.3. The Labute approximate surface area is 470 Å². The highest BCUT2D eigenvalue weighted by Gasteiger charge is 2.23. The maximum atomic E-state index is 13.0. The molecule has 9 heteroatoms. The van der Waals surface area contributed by atoms with E-state index in [0.717, 1.165) is 103 Å². The molecule has 0 bridgehead atoms. The van der Waals surface area contributed by atoms with Gasteiger partial charge in [-0.25, -0.2) is 0 Å². The molecule has 0 fully saturated rings. The molecule has 0 aromatic rings. The van der Waals surface area contributed by atoms with Crippen LogP contribution in [0.2, 0.25) is 0 Å². The van der Waals surface area contributed by atoms with E-state index in [0.29, 0.717) is 17.4 Å². The Bertz CT molecular complexity index is 1600. The number of nitrogens with one attached hydrogen (secondary N) is 1. The monoisotopic (exact) mass is 1080 g/mol. The van der Waals surface area contributed by atoms with Crippen LogP contribution in [0.4, 0.5) is 0 Å². The standard InChI is InChI=1S/C67H119N2O6P/c1-6-8-10-12-14-16-18-20-22-24-26-28-30-32-34-36-38-40-42-44-46-48-50-52-54-56-58-60-66(70)65(64-75-76(72,73)74-63-62-69(3,4)5)68-67(71)61-59-57-55-53-51-49-47-45-43-41-39-37-35-33-31-29-27-25-23-21-19-17-15-13-11-9-7-2/h9,11,15,17,21,23,27,29,33,35,39,41,45,47,50,52,58,60,65-66,70H,6-8,10,12-14,16,18-20,22,24-26,28,30-32,34,36-38,40,42-44,46,48-49,51,53-57,59,61-64H2,1-5H3,(H-,68,71,72,73)/b11-9-,17-15-,23-21-,29-27-,35-33-,41-39-,47-45-,52-50+,60-58+. The molecule has 0 aliphatic carbocycles. The maximum absolute atomic E-state index is 13.0. The van der Waals surface area contributed by atoms with Crippen molar-refractivity contribution in [2.75, 3.05) is 40.9 Å². The molecule has 0 heterocycles. The van der Waals surface area contributed by atoms with Crippen molar-refractivity contribution in [1.82, 2.24) is 5.32 Å². The van der Waals surface area contributed by atoms with Crippen LogP contribution in [0.25, 0.3) is 0 Å². The first-order valence-corrected chi connectivity index (χ1v) is 32.7. The van der Waals surface area contributed by atoms with Gasteiger partial charge in [0, 0.05) is 6.42 Å². The van der Waals surface area contributed by atoms with Crippen molar-refractivity contribution in [3.8, 4) is 0 Å². The first kappa shape index (κ1) is 73.2. The highest BCUT2D eigenvalue weighted by molar-refractivity contribution is 7.45. The minimum atomic E-state index is -4.62. The fourth-order valence-corrected chi connectivity index (χ4v) is 9.34. The number of carbonyl (C=O) groups is 1. The molecule has 0 rings (SSSR count). The van der Waals surface area contributed by atoms with Crippen molar-refractivity contribution in [3.63, 3.8) is 0 Å². The number of likely N-dealkylation sites (N-methyl/N-ethyl adjacent to an activating group) is 1. The topological polar surface area (TPSA) is 108 Å². The van der Waals surface area contributed by atoms with Gasteiger partial charge in [-0.1, -0.05) is 271 Å². The molecule has 0 aromatic heterocycles. The molecule has 3 unspecified atom stereocenters. The van der Waals surface area contributed by atoms with Crippen molar-refractivity contribution in [2.45, 2.75) is 270 Å². The lowest BCUT2D eigenvalue weighted by atomic mass is 10.0. The zero-order valence-electron chi connectivity index (χ0n) is 49.9. The number of nitrogens with zero attached hydrogens (tertiary/aromatic N) is 1. The summed E-state index contributed by atoms with van der Waals surface area (Å²) in [6.45, 7) is 4.51. The van der Waals surface area contributed by atoms with Crippen LogP contribution in [-0.4, -0.2) is 68.5 Å². The van der Waals surface area contributed by atoms with Crippen molar-refractivity contribution in [2.24, 2.45) is 0 Å². The number of carbonyl (C=O) groups excluding carboxylic acids is 1. The third-order valence-electron chi connectivity index (χ3n) is 13.5. The summed E-state index contributed by atoms with van der Waals surface area (Å²) < 4.78 is 23.4. The number of unbranched alkanes of at least 4 members (excludes halogenated alkanes) is 27. The van der Waals surface area contributed by atoms with E-state index in [1.807, 2.05) is 27.2 Å². The Morgan fingerprint density at radius 3 is 1.22 bits per heavy atom. The van der Waals surface area contributed by atoms with Crippen molar-refractivity contribution in [3.05, 3.63) is 109 Å². The summed E-state index contributed by atoms with van der Waals surface area (Å²) in [5.74, 6) is -0.229. The molecule has 0 aliphatic heterocycles. The average molecular weight is 1080 g/mol. The van der Waals surface area contributed by atoms with Gasteiger partial charge in [-0.3, -0.25) is 9.36 Å². The fraction of sp³-hybridized carbons (Fsp3) is 0.716. The van der Waals surface area contributed by atoms with Crippen LogP contribution in [0.5, 0.6) is 0 Å². The van der Waals surface area contributed by atoms with E-state index in [4.69, 9.17) is 9.05 Å². The Hall–Kier alpha value is -2.84. The molecule has 8 nitrogen and oxygen atoms in total. The number of quaternary nitrogens is 1. The van der Waals surface area contributed by atoms with E-state index >= 15 is 0 Å². The van der Waals surface area contributed by atoms with Gasteiger partial charge >= 0.3 is 0 Å². The van der Waals surface area contributed by atoms with Gasteiger partial charge in [0.1, 0.15) is 13.2 Å². The SMILES string of the molecule is CC/C=C\C/C=C\C/C=C\C/C=C\C/C=C\C/C=C\C/C=C\CCCCCCCC(=O)NC(COP(=O)([O-])OCC[N+](C)(C)C)C(O)/C=C/CC/C=C/CCCCCCCCCCCCCCCCCCCCCCC. The van der Waals surface area contributed by atoms with E-state index in [2.05, 4.69) is 116 Å². The average Bonchev–Trinajstić information content (AvgIpc) is 3.38. The smallest absolute Gasteiger partial charge is 0.268 e. The van der Waals surface area contributed by atoms with E-state index in [1.165, 1.54) is 135 Å². The molecule has 0 saturated heterocycles. The van der Waals surface area contributed by atoms with E-state index in [1.54, 1.807) is 6.08 Å². The number of rotatable bonds is 56. The third-order valence-corrected chi connectivity index (χ3v) is 14.4. The maximum Gasteiger partial charge on any atom is 0.268 e. The number of hydrogen-bond acceptors (Lipinski definition) is 6. The normalized spacial score (nSPS) is 14.6. The van der Waals surface area contributed by atoms with Gasteiger partial charge in [-0.2, -0.15) is 0 Å². The summed E-state index contributed by atoms with van der Waals surface area (Å²) in [5, 5.41) is 13.9. The molecule has 0 radical (unpaired) electrons. The predicted molar refractivity (Wildman–Crippen MR) is 329 cm³/mol. The Morgan fingerprint density at radius 1 is 0.474 bits per heavy atom. The van der Waals surface area contributed by atoms with Crippen LogP contribution >= 0.6 is 7.82 Å². The summed E-state index contributed by atoms with van der Waals surface area (Å²) in [4.78, 5) is 25.5. The quantitative estimate of drug-likeness (QED) is 0.0272. The highest BCUT2D eigenvalue weighted by Crippen LogP contribution is 2.38. The molecular weight excluding hydrogens is 960 g/mol. The molecule has 0 saturated carbocycles. The lowest BCUT2D eigenvalue weighted by Crippen LogP contribution is -2.45. The third kappa shape index (κ3) is 58.8. The van der Waals surface area contributed by atoms with Crippen LogP contribution in [0.1, 0.15) is 258 Å². The number of phosphoric ester groups is 1. The zero-order chi connectivity index (χ0) is 55.6. The van der Waals surface area contributed by atoms with Crippen LogP contribution in [0, 0.1) is 0 Å². The van der Waals surface area contributed by atoms with Crippen LogP contribution < -0.4 is 10.2 Å². The first-order valence-electron chi connectivity index (χ1n) is 31.2. The Morgan fingerprint density at radius 2 is 0.816 bits per heavy atom. The second kappa shape index (κ2) is 56.9. The Kier molecular flexibility index (Phi) is 54.7. The minimum absolute atomic E-state index is 0.0164. The van der Waals surface area contributed by atoms with Gasteiger partial charge in [-0.15, -0.1) is 0 Å². The van der Waals surface area contributed by atoms with Gasteiger partial charge in [0.2, 0.25) is 5.91 Å². The predicted octanol–water partition coefficient (Wildman–Crippen LogP) is 18.9. The molecule has 1 amide bonds. The number of amides is 1. The van der Waals surface area contributed by atoms with Crippen LogP contribution in [-0.2, 0) is 18.4 Å². The largest absolute Gasteiger partial charge is 0.756 e. The van der Waals surface area contributed by atoms with Gasteiger partial charge in [0.05, 0.1) is 39.9 Å². The second-order valence-corrected chi connectivity index (χ2v) is 23.4. The molecule has 3 atom stereocenters. The minimum Gasteiger partial charge on any atom is -0.756 e. The first-order chi connectivity index (χ1) is 37.0. The van der Waals surface area contributed by atoms with Gasteiger partial charge in [-0.05, 0) is 89.9 Å². The number of aliphatic hydroxyl groups excluding tert-OH is 1. The van der Waals surface area contributed by atoms with Crippen molar-refractivity contribution >= 4 is 13.7 Å². The number of hydrogen-bond donors (Lipinski definition) is 2. The van der Waals surface area contributed by atoms with E-state index in [-0.39, 0.29) is 12.5 Å². The van der Waals surface area contributed by atoms with E-state index in [9.17, 15) is 19.4 Å². The fourth-order valence-electron chi connectivity index (χ4n) is 8.62. The molecule has 0 aliphatic rings. The summed E-state index contributed by atoms with van der Waals surface area (Å²) in [5.41, 5.74) is 0. The Balaban J connectivity index is 4.29. The van der Waals surface area contributed by atoms with E-state index < -0.39 is 26.6 Å². The zero-order valence-corrected chi connectivity index (χ0v) is 50.8. The molecule has 0 aromatic carbocycles. The van der Waals surface area contributed by atoms with Gasteiger partial charge in [0.25, 0.3) is 7.82 Å². The molecule has 76 heavy (non-hydrogen) atoms. The summed E-state index contributed by atoms with van der Waals surface area (Å²) in [6, 6.07) is -0.924. The number of phosphoric acid groups is 1. The number of allylic oxidation sites excluding steroid dienone is 17. The van der Waals surface area contributed by atoms with Gasteiger partial charge in [0.15, 0.2) is 0 Å². The summed E-state index contributed by atoms with van der Waals surface area (Å²) >= 11 is 0. The van der Waals surface area contributed by atoms with Crippen LogP contribution in [0.3, 0.4) is 0 Å². The lowest BCUT2D eigenvalue weighted by molar-refractivity contribution is -0.870. The van der Waals surface area contributed by atoms with Gasteiger partial charge < -0.3 is 28.8 Å². The second-order valence-electron chi connectivity index (χ2n) is 22.0. The lowest BCUT2D eigenvalue weighted by Gasteiger charge is -2.29. The molecule has 0 spiro atoms. The van der Waals surface area contributed by atoms with Crippen molar-refractivity contribution < 1.29 is 32.9 Å². The number of aliphatic hydroxyl groups is 1. The highest BCUT2D eigenvalue weighted by atomic mass is 31.2. The molecule has 438 valence electrons.